The summed E-state index contributed by atoms with van der Waals surface area (Å²) in [5.41, 5.74) is 0. The molecule has 0 aromatic carbocycles. The molecule has 0 aromatic rings. The molecule has 5 atom stereocenters. The first-order valence-corrected chi connectivity index (χ1v) is 6.88. The van der Waals surface area contributed by atoms with Crippen LogP contribution < -0.4 is 5.32 Å². The van der Waals surface area contributed by atoms with Crippen LogP contribution in [-0.2, 0) is 24.1 Å². The van der Waals surface area contributed by atoms with Crippen LogP contribution in [0.4, 0.5) is 13.2 Å². The highest BCUT2D eigenvalue weighted by Crippen LogP contribution is 2.22. The molecule has 5 N–H and O–H groups in total. The summed E-state index contributed by atoms with van der Waals surface area (Å²) in [4.78, 5) is 10.7. The minimum atomic E-state index is -5.30. The molecule has 1 heterocycles. The zero-order valence-corrected chi connectivity index (χ0v) is 11.3. The molecule has 0 radical (unpaired) electrons. The quantitative estimate of drug-likeness (QED) is 0.337. The number of carbonyl (C=O) groups excluding carboxylic acids is 1. The van der Waals surface area contributed by atoms with Crippen LogP contribution in [0, 0.1) is 0 Å². The molecule has 1 aliphatic heterocycles. The van der Waals surface area contributed by atoms with Crippen molar-refractivity contribution in [3.05, 3.63) is 0 Å². The van der Waals surface area contributed by atoms with Gasteiger partial charge < -0.3 is 25.4 Å². The number of aliphatic hydroxyl groups is 3. The van der Waals surface area contributed by atoms with Crippen molar-refractivity contribution < 1.29 is 55.2 Å². The predicted octanol–water partition coefficient (Wildman–Crippen LogP) is -2.71. The standard InChI is InChI=1S/C8H12F3NO9S/c9-8(10,11)7(16)12-3-5(14)4(13)2(21-6(3)15)1-20-22(17,18)19/h2-6,13-15H,1H2,(H,12,16)(H,17,18,19)/t2?,3-,4+,5?,6?/m0/s1. The van der Waals surface area contributed by atoms with Crippen molar-refractivity contribution in [1.82, 2.24) is 5.32 Å². The lowest BCUT2D eigenvalue weighted by Crippen LogP contribution is -2.65. The lowest BCUT2D eigenvalue weighted by atomic mass is 9.97. The largest absolute Gasteiger partial charge is 0.471 e. The second kappa shape index (κ2) is 6.61. The smallest absolute Gasteiger partial charge is 0.388 e. The minimum absolute atomic E-state index is 1.03. The van der Waals surface area contributed by atoms with Gasteiger partial charge in [-0.25, -0.2) is 4.18 Å². The van der Waals surface area contributed by atoms with Gasteiger partial charge in [0.05, 0.1) is 6.61 Å². The lowest BCUT2D eigenvalue weighted by Gasteiger charge is -2.40. The van der Waals surface area contributed by atoms with Crippen molar-refractivity contribution in [2.24, 2.45) is 0 Å². The Hall–Kier alpha value is -1.03. The van der Waals surface area contributed by atoms with E-state index in [9.17, 15) is 41.7 Å². The third-order valence-corrected chi connectivity index (χ3v) is 3.09. The number of amides is 1. The third-order valence-electron chi connectivity index (χ3n) is 2.66. The number of aliphatic hydroxyl groups excluding tert-OH is 3. The van der Waals surface area contributed by atoms with Crippen molar-refractivity contribution in [3.63, 3.8) is 0 Å². The molecule has 1 amide bonds. The van der Waals surface area contributed by atoms with Gasteiger partial charge in [0.1, 0.15) is 24.4 Å². The second-order valence-corrected chi connectivity index (χ2v) is 5.35. The van der Waals surface area contributed by atoms with Crippen LogP contribution in [0.15, 0.2) is 0 Å². The molecular formula is C8H12F3NO9S. The predicted molar refractivity (Wildman–Crippen MR) is 58.4 cm³/mol. The maximum Gasteiger partial charge on any atom is 0.471 e. The first-order chi connectivity index (χ1) is 9.83. The Kier molecular flexibility index (Phi) is 5.71. The average molecular weight is 355 g/mol. The fourth-order valence-corrected chi connectivity index (χ4v) is 1.93. The molecule has 0 aromatic heterocycles. The molecule has 0 aliphatic carbocycles. The van der Waals surface area contributed by atoms with Crippen LogP contribution in [0.5, 0.6) is 0 Å². The highest BCUT2D eigenvalue weighted by atomic mass is 32.3. The van der Waals surface area contributed by atoms with Gasteiger partial charge >= 0.3 is 22.5 Å². The van der Waals surface area contributed by atoms with Crippen LogP contribution in [0.25, 0.3) is 0 Å². The number of halogens is 3. The van der Waals surface area contributed by atoms with E-state index in [0.717, 1.165) is 0 Å². The Balaban J connectivity index is 2.74. The van der Waals surface area contributed by atoms with Gasteiger partial charge in [-0.2, -0.15) is 21.6 Å². The van der Waals surface area contributed by atoms with E-state index in [1.54, 1.807) is 0 Å². The fraction of sp³-hybridized carbons (Fsp3) is 0.875. The van der Waals surface area contributed by atoms with E-state index >= 15 is 0 Å². The van der Waals surface area contributed by atoms with E-state index in [2.05, 4.69) is 8.92 Å². The highest BCUT2D eigenvalue weighted by molar-refractivity contribution is 7.80. The van der Waals surface area contributed by atoms with E-state index in [0.29, 0.717) is 0 Å². The van der Waals surface area contributed by atoms with Gasteiger partial charge in [-0.1, -0.05) is 0 Å². The van der Waals surface area contributed by atoms with Crippen molar-refractivity contribution in [3.8, 4) is 0 Å². The Morgan fingerprint density at radius 2 is 1.77 bits per heavy atom. The number of hydrogen-bond donors (Lipinski definition) is 5. The van der Waals surface area contributed by atoms with E-state index in [1.807, 2.05) is 0 Å². The molecule has 0 saturated carbocycles. The third kappa shape index (κ3) is 5.01. The number of alkyl halides is 3. The lowest BCUT2D eigenvalue weighted by molar-refractivity contribution is -0.254. The zero-order valence-electron chi connectivity index (χ0n) is 10.5. The number of nitrogens with one attached hydrogen (secondary N) is 1. The number of carbonyl (C=O) groups is 1. The van der Waals surface area contributed by atoms with Crippen LogP contribution in [0.2, 0.25) is 0 Å². The second-order valence-electron chi connectivity index (χ2n) is 4.26. The van der Waals surface area contributed by atoms with Gasteiger partial charge in [0.15, 0.2) is 6.29 Å². The van der Waals surface area contributed by atoms with Crippen molar-refractivity contribution in [2.45, 2.75) is 36.8 Å². The topological polar surface area (TPSA) is 163 Å². The number of ether oxygens (including phenoxy) is 1. The SMILES string of the molecule is O=C(N[C@@H]1C(O)OC(COS(=O)(=O)O)[C@@H](O)C1O)C(F)(F)F. The molecule has 22 heavy (non-hydrogen) atoms. The van der Waals surface area contributed by atoms with Crippen LogP contribution in [-0.4, -0.2) is 77.6 Å². The summed E-state index contributed by atoms with van der Waals surface area (Å²) < 4.78 is 73.7. The Morgan fingerprint density at radius 3 is 2.23 bits per heavy atom. The van der Waals surface area contributed by atoms with E-state index in [1.165, 1.54) is 5.32 Å². The van der Waals surface area contributed by atoms with E-state index in [-0.39, 0.29) is 0 Å². The molecule has 3 unspecified atom stereocenters. The van der Waals surface area contributed by atoms with Gasteiger partial charge in [-0.15, -0.1) is 0 Å². The molecule has 0 bridgehead atoms. The molecule has 10 nitrogen and oxygen atoms in total. The average Bonchev–Trinajstić information content (AvgIpc) is 2.34. The molecule has 1 aliphatic rings. The van der Waals surface area contributed by atoms with Gasteiger partial charge in [-0.05, 0) is 0 Å². The summed E-state index contributed by atoms with van der Waals surface area (Å²) in [5, 5.41) is 29.8. The van der Waals surface area contributed by atoms with E-state index < -0.39 is 59.7 Å². The first kappa shape index (κ1) is 19.0. The molecular weight excluding hydrogens is 343 g/mol. The molecule has 1 fully saturated rings. The summed E-state index contributed by atoms with van der Waals surface area (Å²) in [6.45, 7) is -1.03. The summed E-state index contributed by atoms with van der Waals surface area (Å²) in [6.07, 6.45) is -13.3. The molecule has 130 valence electrons. The van der Waals surface area contributed by atoms with Gasteiger partial charge in [0, 0.05) is 0 Å². The summed E-state index contributed by atoms with van der Waals surface area (Å²) in [7, 11) is -4.91. The normalized spacial score (nSPS) is 33.5. The van der Waals surface area contributed by atoms with Gasteiger partial charge in [0.25, 0.3) is 0 Å². The van der Waals surface area contributed by atoms with Gasteiger partial charge in [-0.3, -0.25) is 9.35 Å². The molecule has 1 saturated heterocycles. The Bertz CT molecular complexity index is 509. The van der Waals surface area contributed by atoms with Crippen molar-refractivity contribution in [2.75, 3.05) is 6.61 Å². The summed E-state index contributed by atoms with van der Waals surface area (Å²) in [5.74, 6) is -2.49. The number of rotatable bonds is 4. The van der Waals surface area contributed by atoms with Crippen LogP contribution in [0.1, 0.15) is 0 Å². The summed E-state index contributed by atoms with van der Waals surface area (Å²) in [6, 6.07) is -2.02. The monoisotopic (exact) mass is 355 g/mol. The van der Waals surface area contributed by atoms with Crippen LogP contribution >= 0.6 is 0 Å². The maximum absolute atomic E-state index is 12.1. The zero-order chi connectivity index (χ0) is 17.3. The Labute approximate surface area is 121 Å². The Morgan fingerprint density at radius 1 is 1.23 bits per heavy atom. The summed E-state index contributed by atoms with van der Waals surface area (Å²) >= 11 is 0. The first-order valence-electron chi connectivity index (χ1n) is 5.52. The van der Waals surface area contributed by atoms with Gasteiger partial charge in [0.2, 0.25) is 0 Å². The fourth-order valence-electron chi connectivity index (χ4n) is 1.63. The van der Waals surface area contributed by atoms with E-state index in [4.69, 9.17) is 4.55 Å². The van der Waals surface area contributed by atoms with Crippen LogP contribution in [0.3, 0.4) is 0 Å². The minimum Gasteiger partial charge on any atom is -0.388 e. The number of hydrogen-bond acceptors (Lipinski definition) is 8. The molecule has 1 rings (SSSR count). The maximum atomic E-state index is 12.1. The molecule has 0 spiro atoms. The highest BCUT2D eigenvalue weighted by Gasteiger charge is 2.48. The van der Waals surface area contributed by atoms with Crippen molar-refractivity contribution in [1.29, 1.82) is 0 Å². The molecule has 14 heteroatoms. The van der Waals surface area contributed by atoms with Crippen molar-refractivity contribution >= 4 is 16.3 Å².